The Bertz CT molecular complexity index is 324. The predicted octanol–water partition coefficient (Wildman–Crippen LogP) is 3.04. The molecule has 1 aliphatic rings. The van der Waals surface area contributed by atoms with Gasteiger partial charge in [-0.05, 0) is 32.2 Å². The first-order valence-electron chi connectivity index (χ1n) is 5.86. The summed E-state index contributed by atoms with van der Waals surface area (Å²) in [5, 5.41) is 4.81. The summed E-state index contributed by atoms with van der Waals surface area (Å²) < 4.78 is 0. The summed E-state index contributed by atoms with van der Waals surface area (Å²) in [6.07, 6.45) is 2.60. The van der Waals surface area contributed by atoms with Gasteiger partial charge in [-0.1, -0.05) is 13.8 Å². The van der Waals surface area contributed by atoms with Gasteiger partial charge in [0.15, 0.2) is 0 Å². The largest absolute Gasteiger partial charge is 0.316 e. The first kappa shape index (κ1) is 11.1. The number of piperidine rings is 1. The summed E-state index contributed by atoms with van der Waals surface area (Å²) in [7, 11) is 0. The molecule has 0 aromatic carbocycles. The van der Waals surface area contributed by atoms with E-state index in [1.165, 1.54) is 35.0 Å². The fraction of sp³-hybridized carbons (Fsp3) is 0.750. The van der Waals surface area contributed by atoms with Crippen molar-refractivity contribution < 1.29 is 0 Å². The van der Waals surface area contributed by atoms with E-state index in [9.17, 15) is 0 Å². The van der Waals surface area contributed by atoms with Crippen LogP contribution in [0.4, 0.5) is 0 Å². The molecule has 15 heavy (non-hydrogen) atoms. The smallest absolute Gasteiger partial charge is 0.0974 e. The average Bonchev–Trinajstić information content (AvgIpc) is 2.62. The van der Waals surface area contributed by atoms with Gasteiger partial charge in [0.25, 0.3) is 0 Å². The van der Waals surface area contributed by atoms with Gasteiger partial charge in [-0.2, -0.15) is 0 Å². The molecule has 2 rings (SSSR count). The molecule has 0 amide bonds. The molecule has 1 saturated heterocycles. The van der Waals surface area contributed by atoms with Crippen LogP contribution in [0.3, 0.4) is 0 Å². The molecule has 0 spiro atoms. The lowest BCUT2D eigenvalue weighted by Crippen LogP contribution is -2.28. The molecule has 2 nitrogen and oxygen atoms in total. The molecule has 1 fully saturated rings. The fourth-order valence-electron chi connectivity index (χ4n) is 2.20. The summed E-state index contributed by atoms with van der Waals surface area (Å²) >= 11 is 1.90. The maximum Gasteiger partial charge on any atom is 0.0974 e. The Morgan fingerprint density at radius 3 is 2.80 bits per heavy atom. The van der Waals surface area contributed by atoms with Crippen LogP contribution in [-0.4, -0.2) is 18.1 Å². The second-order valence-electron chi connectivity index (χ2n) is 4.69. The fourth-order valence-corrected chi connectivity index (χ4v) is 3.41. The number of aromatic nitrogens is 1. The minimum Gasteiger partial charge on any atom is -0.316 e. The maximum atomic E-state index is 4.81. The minimum absolute atomic E-state index is 0.562. The lowest BCUT2D eigenvalue weighted by Gasteiger charge is -2.20. The number of nitrogens with one attached hydrogen (secondary N) is 1. The summed E-state index contributed by atoms with van der Waals surface area (Å²) in [6.45, 7) is 8.95. The van der Waals surface area contributed by atoms with E-state index in [-0.39, 0.29) is 0 Å². The third kappa shape index (κ3) is 2.40. The van der Waals surface area contributed by atoms with Crippen molar-refractivity contribution in [3.8, 4) is 0 Å². The van der Waals surface area contributed by atoms with E-state index >= 15 is 0 Å². The Labute approximate surface area is 96.1 Å². The summed E-state index contributed by atoms with van der Waals surface area (Å²) in [5.74, 6) is 1.22. The highest BCUT2D eigenvalue weighted by Gasteiger charge is 2.20. The van der Waals surface area contributed by atoms with Crippen LogP contribution in [0.2, 0.25) is 0 Å². The topological polar surface area (TPSA) is 24.9 Å². The molecule has 1 aromatic heterocycles. The molecule has 0 radical (unpaired) electrons. The van der Waals surface area contributed by atoms with Gasteiger partial charge in [0.2, 0.25) is 0 Å². The van der Waals surface area contributed by atoms with Crippen molar-refractivity contribution in [1.29, 1.82) is 0 Å². The Hall–Kier alpha value is -0.410. The molecule has 0 aliphatic carbocycles. The van der Waals surface area contributed by atoms with Crippen LogP contribution < -0.4 is 5.32 Å². The number of nitrogens with zero attached hydrogens (tertiary/aromatic N) is 1. The number of thiazole rings is 1. The number of hydrogen-bond donors (Lipinski definition) is 1. The second kappa shape index (κ2) is 4.62. The first-order chi connectivity index (χ1) is 7.18. The van der Waals surface area contributed by atoms with Crippen LogP contribution in [0.1, 0.15) is 54.1 Å². The Balaban J connectivity index is 2.17. The Morgan fingerprint density at radius 2 is 2.27 bits per heavy atom. The van der Waals surface area contributed by atoms with Gasteiger partial charge in [-0.25, -0.2) is 4.98 Å². The van der Waals surface area contributed by atoms with Crippen molar-refractivity contribution >= 4 is 11.3 Å². The monoisotopic (exact) mass is 224 g/mol. The molecule has 0 bridgehead atoms. The van der Waals surface area contributed by atoms with Gasteiger partial charge in [0.05, 0.1) is 10.7 Å². The van der Waals surface area contributed by atoms with Crippen LogP contribution in [0.5, 0.6) is 0 Å². The van der Waals surface area contributed by atoms with E-state index in [0.717, 1.165) is 6.54 Å². The van der Waals surface area contributed by atoms with Crippen molar-refractivity contribution in [1.82, 2.24) is 10.3 Å². The zero-order valence-corrected chi connectivity index (χ0v) is 10.7. The van der Waals surface area contributed by atoms with Gasteiger partial charge >= 0.3 is 0 Å². The van der Waals surface area contributed by atoms with Gasteiger partial charge < -0.3 is 5.32 Å². The zero-order valence-electron chi connectivity index (χ0n) is 9.84. The predicted molar refractivity (Wildman–Crippen MR) is 65.8 cm³/mol. The third-order valence-electron chi connectivity index (χ3n) is 3.04. The molecule has 1 atom stereocenters. The molecule has 3 heteroatoms. The number of hydrogen-bond acceptors (Lipinski definition) is 3. The van der Waals surface area contributed by atoms with Crippen LogP contribution in [0.15, 0.2) is 0 Å². The van der Waals surface area contributed by atoms with Gasteiger partial charge in [0, 0.05) is 17.3 Å². The van der Waals surface area contributed by atoms with Crippen LogP contribution in [0.25, 0.3) is 0 Å². The normalized spacial score (nSPS) is 22.3. The first-order valence-corrected chi connectivity index (χ1v) is 6.68. The highest BCUT2D eigenvalue weighted by Crippen LogP contribution is 2.31. The highest BCUT2D eigenvalue weighted by molar-refractivity contribution is 7.11. The molecule has 84 valence electrons. The summed E-state index contributed by atoms with van der Waals surface area (Å²) in [4.78, 5) is 6.22. The van der Waals surface area contributed by atoms with E-state index in [0.29, 0.717) is 11.8 Å². The molecule has 1 aliphatic heterocycles. The molecule has 2 heterocycles. The minimum atomic E-state index is 0.562. The van der Waals surface area contributed by atoms with Crippen molar-refractivity contribution in [2.45, 2.75) is 45.4 Å². The van der Waals surface area contributed by atoms with Gasteiger partial charge in [-0.15, -0.1) is 11.3 Å². The van der Waals surface area contributed by atoms with Crippen molar-refractivity contribution in [2.24, 2.45) is 0 Å². The van der Waals surface area contributed by atoms with E-state index in [4.69, 9.17) is 4.98 Å². The number of aryl methyl sites for hydroxylation is 1. The van der Waals surface area contributed by atoms with Gasteiger partial charge in [0.1, 0.15) is 0 Å². The average molecular weight is 224 g/mol. The van der Waals surface area contributed by atoms with Crippen molar-refractivity contribution in [3.63, 3.8) is 0 Å². The van der Waals surface area contributed by atoms with E-state index in [1.54, 1.807) is 0 Å². The highest BCUT2D eigenvalue weighted by atomic mass is 32.1. The molecule has 1 aromatic rings. The van der Waals surface area contributed by atoms with E-state index in [1.807, 2.05) is 11.3 Å². The Morgan fingerprint density at radius 1 is 1.47 bits per heavy atom. The van der Waals surface area contributed by atoms with E-state index < -0.39 is 0 Å². The number of rotatable bonds is 2. The molecule has 1 unspecified atom stereocenters. The summed E-state index contributed by atoms with van der Waals surface area (Å²) in [6, 6.07) is 0. The van der Waals surface area contributed by atoms with Crippen molar-refractivity contribution in [2.75, 3.05) is 13.1 Å². The van der Waals surface area contributed by atoms with Crippen LogP contribution >= 0.6 is 11.3 Å². The third-order valence-corrected chi connectivity index (χ3v) is 4.19. The quantitative estimate of drug-likeness (QED) is 0.835. The second-order valence-corrected chi connectivity index (χ2v) is 5.93. The lowest BCUT2D eigenvalue weighted by atomic mass is 10.0. The molecular weight excluding hydrogens is 204 g/mol. The van der Waals surface area contributed by atoms with E-state index in [2.05, 4.69) is 26.1 Å². The SMILES string of the molecule is Cc1sc(C2CCCNC2)nc1C(C)C. The summed E-state index contributed by atoms with van der Waals surface area (Å²) in [5.41, 5.74) is 1.31. The standard InChI is InChI=1S/C12H20N2S/c1-8(2)11-9(3)15-12(14-11)10-5-4-6-13-7-10/h8,10,13H,4-7H2,1-3H3. The zero-order chi connectivity index (χ0) is 10.8. The van der Waals surface area contributed by atoms with Crippen LogP contribution in [-0.2, 0) is 0 Å². The van der Waals surface area contributed by atoms with Gasteiger partial charge in [-0.3, -0.25) is 0 Å². The Kier molecular flexibility index (Phi) is 3.42. The molecule has 0 saturated carbocycles. The van der Waals surface area contributed by atoms with Crippen LogP contribution in [0, 0.1) is 6.92 Å². The molecular formula is C12H20N2S. The maximum absolute atomic E-state index is 4.81. The lowest BCUT2D eigenvalue weighted by molar-refractivity contribution is 0.459. The molecule has 1 N–H and O–H groups in total. The van der Waals surface area contributed by atoms with Crippen molar-refractivity contribution in [3.05, 3.63) is 15.6 Å².